The van der Waals surface area contributed by atoms with Crippen LogP contribution in [0.25, 0.3) is 0 Å². The Morgan fingerprint density at radius 3 is 2.48 bits per heavy atom. The fraction of sp³-hybridized carbons (Fsp3) is 0.235. The smallest absolute Gasteiger partial charge is 0.249 e. The summed E-state index contributed by atoms with van der Waals surface area (Å²) in [4.78, 5) is 13.8. The minimum Gasteiger partial charge on any atom is -0.372 e. The topological polar surface area (TPSA) is 32.3 Å². The van der Waals surface area contributed by atoms with Crippen LogP contribution in [-0.4, -0.2) is 11.9 Å². The number of fused-ring (bicyclic) bond motifs is 1. The van der Waals surface area contributed by atoms with Crippen LogP contribution in [0.15, 0.2) is 36.4 Å². The zero-order valence-corrected chi connectivity index (χ0v) is 12.4. The zero-order valence-electron chi connectivity index (χ0n) is 12.4. The molecule has 0 fully saturated rings. The predicted molar refractivity (Wildman–Crippen MR) is 81.6 cm³/mol. The largest absolute Gasteiger partial charge is 0.372 e. The first-order valence-corrected chi connectivity index (χ1v) is 7.31. The minimum atomic E-state index is -1.05. The Balaban J connectivity index is 2.06. The van der Waals surface area contributed by atoms with Gasteiger partial charge in [-0.1, -0.05) is 25.1 Å². The number of rotatable bonds is 3. The van der Waals surface area contributed by atoms with E-state index in [-0.39, 0.29) is 18.1 Å². The molecule has 120 valence electrons. The van der Waals surface area contributed by atoms with Gasteiger partial charge in [-0.05, 0) is 12.5 Å². The van der Waals surface area contributed by atoms with Gasteiger partial charge in [0, 0.05) is 17.7 Å². The molecule has 0 aromatic heterocycles. The van der Waals surface area contributed by atoms with E-state index in [1.54, 1.807) is 18.2 Å². The van der Waals surface area contributed by atoms with E-state index in [0.29, 0.717) is 17.7 Å². The summed E-state index contributed by atoms with van der Waals surface area (Å²) in [6, 6.07) is 7.50. The lowest BCUT2D eigenvalue weighted by atomic mass is 10.0. The van der Waals surface area contributed by atoms with Crippen LogP contribution in [-0.2, 0) is 11.3 Å². The van der Waals surface area contributed by atoms with E-state index in [1.165, 1.54) is 11.0 Å². The van der Waals surface area contributed by atoms with Crippen molar-refractivity contribution in [2.24, 2.45) is 0 Å². The molecule has 6 heteroatoms. The Bertz CT molecular complexity index is 763. The molecule has 0 spiro atoms. The second-order valence-corrected chi connectivity index (χ2v) is 5.40. The van der Waals surface area contributed by atoms with Gasteiger partial charge < -0.3 is 10.2 Å². The van der Waals surface area contributed by atoms with Crippen LogP contribution in [0.5, 0.6) is 0 Å². The molecule has 1 amide bonds. The summed E-state index contributed by atoms with van der Waals surface area (Å²) in [5, 5.41) is 2.90. The van der Waals surface area contributed by atoms with Crippen LogP contribution in [0.3, 0.4) is 0 Å². The molecule has 0 aliphatic carbocycles. The van der Waals surface area contributed by atoms with Crippen molar-refractivity contribution < 1.29 is 18.0 Å². The Kier molecular flexibility index (Phi) is 3.98. The molecule has 0 saturated heterocycles. The zero-order chi connectivity index (χ0) is 16.6. The van der Waals surface area contributed by atoms with Crippen molar-refractivity contribution in [3.63, 3.8) is 0 Å². The fourth-order valence-electron chi connectivity index (χ4n) is 2.67. The molecule has 1 atom stereocenters. The lowest BCUT2D eigenvalue weighted by Gasteiger charge is -2.35. The molecular weight excluding hydrogens is 305 g/mol. The van der Waals surface area contributed by atoms with Gasteiger partial charge in [0.05, 0.1) is 17.9 Å². The van der Waals surface area contributed by atoms with E-state index in [2.05, 4.69) is 5.32 Å². The highest BCUT2D eigenvalue weighted by Crippen LogP contribution is 2.35. The first kappa shape index (κ1) is 15.4. The van der Waals surface area contributed by atoms with Crippen LogP contribution in [0.4, 0.5) is 24.5 Å². The summed E-state index contributed by atoms with van der Waals surface area (Å²) in [5.74, 6) is -2.79. The van der Waals surface area contributed by atoms with E-state index in [1.807, 2.05) is 6.92 Å². The summed E-state index contributed by atoms with van der Waals surface area (Å²) < 4.78 is 40.9. The van der Waals surface area contributed by atoms with Crippen molar-refractivity contribution in [1.29, 1.82) is 0 Å². The lowest BCUT2D eigenvalue weighted by molar-refractivity contribution is -0.119. The predicted octanol–water partition coefficient (Wildman–Crippen LogP) is 3.84. The van der Waals surface area contributed by atoms with Crippen LogP contribution >= 0.6 is 0 Å². The molecule has 2 aromatic rings. The molecule has 0 saturated carbocycles. The number of carbonyl (C=O) groups is 1. The molecule has 1 heterocycles. The molecule has 0 radical (unpaired) electrons. The number of halogens is 3. The summed E-state index contributed by atoms with van der Waals surface area (Å²) in [6.07, 6.45) is 0.477. The van der Waals surface area contributed by atoms with Gasteiger partial charge in [0.1, 0.15) is 11.9 Å². The van der Waals surface area contributed by atoms with Crippen LogP contribution in [0.2, 0.25) is 0 Å². The van der Waals surface area contributed by atoms with Crippen molar-refractivity contribution in [2.45, 2.75) is 25.9 Å². The Morgan fingerprint density at radius 2 is 1.78 bits per heavy atom. The molecule has 1 N–H and O–H groups in total. The highest BCUT2D eigenvalue weighted by molar-refractivity contribution is 6.04. The van der Waals surface area contributed by atoms with Crippen molar-refractivity contribution in [3.8, 4) is 0 Å². The van der Waals surface area contributed by atoms with Gasteiger partial charge in [0.25, 0.3) is 0 Å². The molecule has 1 unspecified atom stereocenters. The van der Waals surface area contributed by atoms with Crippen LogP contribution < -0.4 is 10.2 Å². The van der Waals surface area contributed by atoms with E-state index < -0.39 is 23.5 Å². The number of anilines is 2. The minimum absolute atomic E-state index is 0.0399. The number of amides is 1. The fourth-order valence-corrected chi connectivity index (χ4v) is 2.67. The third kappa shape index (κ3) is 2.76. The molecule has 2 aromatic carbocycles. The number of carbonyl (C=O) groups excluding carboxylic acids is 1. The van der Waals surface area contributed by atoms with Crippen LogP contribution in [0.1, 0.15) is 18.9 Å². The highest BCUT2D eigenvalue weighted by Gasteiger charge is 2.32. The van der Waals surface area contributed by atoms with Crippen molar-refractivity contribution in [1.82, 2.24) is 0 Å². The quantitative estimate of drug-likeness (QED) is 0.932. The Labute approximate surface area is 131 Å². The first-order valence-electron chi connectivity index (χ1n) is 7.31. The van der Waals surface area contributed by atoms with Crippen LogP contribution in [0, 0.1) is 17.5 Å². The van der Waals surface area contributed by atoms with Crippen molar-refractivity contribution in [3.05, 3.63) is 59.4 Å². The number of hydrogen-bond donors (Lipinski definition) is 1. The maximum Gasteiger partial charge on any atom is 0.249 e. The van der Waals surface area contributed by atoms with E-state index >= 15 is 0 Å². The number of nitrogens with zero attached hydrogens (tertiary/aromatic N) is 1. The molecule has 3 rings (SSSR count). The maximum atomic E-state index is 13.9. The first-order chi connectivity index (χ1) is 11.0. The van der Waals surface area contributed by atoms with Gasteiger partial charge >= 0.3 is 0 Å². The van der Waals surface area contributed by atoms with E-state index in [4.69, 9.17) is 0 Å². The monoisotopic (exact) mass is 320 g/mol. The van der Waals surface area contributed by atoms with E-state index in [0.717, 1.165) is 12.1 Å². The summed E-state index contributed by atoms with van der Waals surface area (Å²) in [5.41, 5.74) is 0.849. The van der Waals surface area contributed by atoms with E-state index in [9.17, 15) is 18.0 Å². The molecule has 3 nitrogen and oxygen atoms in total. The summed E-state index contributed by atoms with van der Waals surface area (Å²) in [6.45, 7) is 1.77. The lowest BCUT2D eigenvalue weighted by Crippen LogP contribution is -2.46. The molecule has 1 aliphatic heterocycles. The van der Waals surface area contributed by atoms with Gasteiger partial charge in [0.15, 0.2) is 11.6 Å². The SMILES string of the molecule is CCC1Nc2cc(F)c(F)cc2N(Cc2ccccc2F)C1=O. The molecule has 23 heavy (non-hydrogen) atoms. The summed E-state index contributed by atoms with van der Waals surface area (Å²) in [7, 11) is 0. The van der Waals surface area contributed by atoms with Crippen molar-refractivity contribution >= 4 is 17.3 Å². The normalized spacial score (nSPS) is 17.0. The highest BCUT2D eigenvalue weighted by atomic mass is 19.2. The molecule has 1 aliphatic rings. The van der Waals surface area contributed by atoms with Gasteiger partial charge in [-0.2, -0.15) is 0 Å². The van der Waals surface area contributed by atoms with Gasteiger partial charge in [-0.3, -0.25) is 4.79 Å². The van der Waals surface area contributed by atoms with Crippen molar-refractivity contribution in [2.75, 3.05) is 10.2 Å². The summed E-state index contributed by atoms with van der Waals surface area (Å²) >= 11 is 0. The third-order valence-electron chi connectivity index (χ3n) is 3.92. The average Bonchev–Trinajstić information content (AvgIpc) is 2.53. The average molecular weight is 320 g/mol. The number of hydrogen-bond acceptors (Lipinski definition) is 2. The number of benzene rings is 2. The third-order valence-corrected chi connectivity index (χ3v) is 3.92. The molecular formula is C17H15F3N2O. The standard InChI is InChI=1S/C17H15F3N2O/c1-2-14-17(23)22(9-10-5-3-4-6-11(10)18)16-8-13(20)12(19)7-15(16)21-14/h3-8,14,21H,2,9H2,1H3. The van der Waals surface area contributed by atoms with Gasteiger partial charge in [-0.25, -0.2) is 13.2 Å². The molecule has 0 bridgehead atoms. The second-order valence-electron chi connectivity index (χ2n) is 5.40. The maximum absolute atomic E-state index is 13.9. The Morgan fingerprint density at radius 1 is 1.09 bits per heavy atom. The number of nitrogens with one attached hydrogen (secondary N) is 1. The van der Waals surface area contributed by atoms with Gasteiger partial charge in [0.2, 0.25) is 5.91 Å². The van der Waals surface area contributed by atoms with Gasteiger partial charge in [-0.15, -0.1) is 0 Å². The Hall–Kier alpha value is -2.50. The second kappa shape index (κ2) is 5.95.